The molecule has 0 bridgehead atoms. The van der Waals surface area contributed by atoms with Gasteiger partial charge in [-0.15, -0.1) is 0 Å². The molecule has 1 aromatic carbocycles. The molecule has 0 saturated heterocycles. The highest BCUT2D eigenvalue weighted by molar-refractivity contribution is 9.10. The van der Waals surface area contributed by atoms with Crippen LogP contribution >= 0.6 is 15.9 Å². The van der Waals surface area contributed by atoms with Crippen molar-refractivity contribution in [2.24, 2.45) is 0 Å². The average Bonchev–Trinajstić information content (AvgIpc) is 2.23. The zero-order chi connectivity index (χ0) is 12.0. The van der Waals surface area contributed by atoms with Crippen LogP contribution in [0.1, 0.15) is 23.2 Å². The van der Waals surface area contributed by atoms with E-state index in [0.717, 1.165) is 29.5 Å². The first kappa shape index (κ1) is 13.0. The molecule has 1 rings (SSSR count). The molecule has 88 valence electrons. The summed E-state index contributed by atoms with van der Waals surface area (Å²) in [5.74, 6) is -0.945. The first-order valence-electron chi connectivity index (χ1n) is 5.02. The van der Waals surface area contributed by atoms with Crippen molar-refractivity contribution in [2.45, 2.75) is 12.8 Å². The summed E-state index contributed by atoms with van der Waals surface area (Å²) < 4.78 is 0.733. The molecule has 3 N–H and O–H groups in total. The minimum absolute atomic E-state index is 0.181. The fourth-order valence-electron chi connectivity index (χ4n) is 1.28. The quantitative estimate of drug-likeness (QED) is 0.703. The molecule has 0 spiro atoms. The second kappa shape index (κ2) is 6.50. The van der Waals surface area contributed by atoms with Crippen LogP contribution < -0.4 is 5.32 Å². The third-order valence-electron chi connectivity index (χ3n) is 2.06. The molecule has 0 atom stereocenters. The Kier molecular flexibility index (Phi) is 5.28. The van der Waals surface area contributed by atoms with E-state index in [1.165, 1.54) is 0 Å². The molecule has 0 aromatic heterocycles. The van der Waals surface area contributed by atoms with Crippen LogP contribution in [0.25, 0.3) is 0 Å². The van der Waals surface area contributed by atoms with Crippen molar-refractivity contribution >= 4 is 27.6 Å². The summed E-state index contributed by atoms with van der Waals surface area (Å²) in [6, 6.07) is 4.97. The van der Waals surface area contributed by atoms with Crippen molar-refractivity contribution in [3.63, 3.8) is 0 Å². The topological polar surface area (TPSA) is 69.6 Å². The van der Waals surface area contributed by atoms with Crippen molar-refractivity contribution in [3.05, 3.63) is 28.2 Å². The predicted molar refractivity (Wildman–Crippen MR) is 65.9 cm³/mol. The minimum Gasteiger partial charge on any atom is -0.478 e. The van der Waals surface area contributed by atoms with Crippen molar-refractivity contribution in [1.82, 2.24) is 0 Å². The lowest BCUT2D eigenvalue weighted by Gasteiger charge is -2.07. The largest absolute Gasteiger partial charge is 0.478 e. The van der Waals surface area contributed by atoms with Crippen LogP contribution in [0, 0.1) is 0 Å². The van der Waals surface area contributed by atoms with Gasteiger partial charge in [0, 0.05) is 23.3 Å². The molecule has 0 aliphatic heterocycles. The van der Waals surface area contributed by atoms with E-state index in [9.17, 15) is 4.79 Å². The Morgan fingerprint density at radius 3 is 2.69 bits per heavy atom. The van der Waals surface area contributed by atoms with Gasteiger partial charge in [0.15, 0.2) is 0 Å². The number of benzene rings is 1. The van der Waals surface area contributed by atoms with Crippen LogP contribution in [-0.2, 0) is 0 Å². The zero-order valence-corrected chi connectivity index (χ0v) is 10.3. The Bertz CT molecular complexity index is 368. The summed E-state index contributed by atoms with van der Waals surface area (Å²) in [6.07, 6.45) is 1.60. The number of aromatic carboxylic acids is 1. The number of rotatable bonds is 6. The second-order valence-corrected chi connectivity index (χ2v) is 4.31. The van der Waals surface area contributed by atoms with Gasteiger partial charge in [0.1, 0.15) is 0 Å². The van der Waals surface area contributed by atoms with E-state index < -0.39 is 5.97 Å². The summed E-state index contributed by atoms with van der Waals surface area (Å²) in [4.78, 5) is 10.8. The monoisotopic (exact) mass is 287 g/mol. The first-order valence-corrected chi connectivity index (χ1v) is 5.81. The minimum atomic E-state index is -0.945. The van der Waals surface area contributed by atoms with E-state index in [4.69, 9.17) is 10.2 Å². The number of carboxylic acids is 1. The van der Waals surface area contributed by atoms with Gasteiger partial charge in [-0.1, -0.05) is 15.9 Å². The number of unbranched alkanes of at least 4 members (excludes halogenated alkanes) is 1. The summed E-state index contributed by atoms with van der Waals surface area (Å²) in [5, 5.41) is 20.6. The van der Waals surface area contributed by atoms with E-state index in [2.05, 4.69) is 21.2 Å². The first-order chi connectivity index (χ1) is 7.63. The molecule has 0 fully saturated rings. The number of anilines is 1. The number of hydrogen-bond donors (Lipinski definition) is 3. The lowest BCUT2D eigenvalue weighted by Crippen LogP contribution is -2.04. The van der Waals surface area contributed by atoms with Crippen LogP contribution in [-0.4, -0.2) is 29.3 Å². The Hall–Kier alpha value is -1.07. The smallest absolute Gasteiger partial charge is 0.335 e. The Morgan fingerprint density at radius 2 is 2.06 bits per heavy atom. The van der Waals surface area contributed by atoms with Gasteiger partial charge in [-0.3, -0.25) is 0 Å². The number of halogens is 1. The van der Waals surface area contributed by atoms with Crippen molar-refractivity contribution < 1.29 is 15.0 Å². The number of aliphatic hydroxyl groups is 1. The fraction of sp³-hybridized carbons (Fsp3) is 0.364. The lowest BCUT2D eigenvalue weighted by atomic mass is 10.2. The maximum Gasteiger partial charge on any atom is 0.335 e. The molecular formula is C11H14BrNO3. The van der Waals surface area contributed by atoms with E-state index in [1.54, 1.807) is 12.1 Å². The van der Waals surface area contributed by atoms with Crippen molar-refractivity contribution in [2.75, 3.05) is 18.5 Å². The Morgan fingerprint density at radius 1 is 1.31 bits per heavy atom. The van der Waals surface area contributed by atoms with Crippen LogP contribution in [0.2, 0.25) is 0 Å². The number of carbonyl (C=O) groups is 1. The molecule has 0 saturated carbocycles. The second-order valence-electron chi connectivity index (χ2n) is 3.39. The highest BCUT2D eigenvalue weighted by atomic mass is 79.9. The van der Waals surface area contributed by atoms with E-state index >= 15 is 0 Å². The summed E-state index contributed by atoms with van der Waals surface area (Å²) >= 11 is 3.26. The molecule has 0 heterocycles. The maximum absolute atomic E-state index is 10.8. The van der Waals surface area contributed by atoms with E-state index in [1.807, 2.05) is 6.07 Å². The van der Waals surface area contributed by atoms with Gasteiger partial charge in [-0.25, -0.2) is 4.79 Å². The number of aliphatic hydroxyl groups excluding tert-OH is 1. The molecular weight excluding hydrogens is 274 g/mol. The van der Waals surface area contributed by atoms with E-state index in [0.29, 0.717) is 0 Å². The van der Waals surface area contributed by atoms with Gasteiger partial charge in [0.2, 0.25) is 0 Å². The van der Waals surface area contributed by atoms with Crippen LogP contribution in [0.15, 0.2) is 22.7 Å². The van der Waals surface area contributed by atoms with Gasteiger partial charge in [-0.05, 0) is 31.0 Å². The third-order valence-corrected chi connectivity index (χ3v) is 2.52. The Balaban J connectivity index is 2.62. The van der Waals surface area contributed by atoms with Crippen LogP contribution in [0.4, 0.5) is 5.69 Å². The SMILES string of the molecule is O=C(O)c1cc(Br)cc(NCCCCO)c1. The van der Waals surface area contributed by atoms with Gasteiger partial charge < -0.3 is 15.5 Å². The van der Waals surface area contributed by atoms with Gasteiger partial charge in [0.05, 0.1) is 5.56 Å². The maximum atomic E-state index is 10.8. The van der Waals surface area contributed by atoms with Crippen LogP contribution in [0.5, 0.6) is 0 Å². The molecule has 1 aromatic rings. The number of carboxylic acid groups (broad SMARTS) is 1. The molecule has 4 nitrogen and oxygen atoms in total. The standard InChI is InChI=1S/C11H14BrNO3/c12-9-5-8(11(15)16)6-10(7-9)13-3-1-2-4-14/h5-7,13-14H,1-4H2,(H,15,16). The highest BCUT2D eigenvalue weighted by Crippen LogP contribution is 2.19. The molecule has 0 amide bonds. The molecule has 5 heteroatoms. The van der Waals surface area contributed by atoms with E-state index in [-0.39, 0.29) is 12.2 Å². The number of nitrogens with one attached hydrogen (secondary N) is 1. The molecule has 0 aliphatic carbocycles. The van der Waals surface area contributed by atoms with Gasteiger partial charge in [-0.2, -0.15) is 0 Å². The lowest BCUT2D eigenvalue weighted by molar-refractivity contribution is 0.0697. The Labute approximate surface area is 102 Å². The molecule has 0 aliphatic rings. The number of hydrogen-bond acceptors (Lipinski definition) is 3. The summed E-state index contributed by atoms with van der Waals surface area (Å²) in [5.41, 5.74) is 1.02. The van der Waals surface area contributed by atoms with Gasteiger partial charge in [0.25, 0.3) is 0 Å². The molecule has 0 radical (unpaired) electrons. The summed E-state index contributed by atoms with van der Waals surface area (Å²) in [7, 11) is 0. The third kappa shape index (κ3) is 4.20. The van der Waals surface area contributed by atoms with Crippen molar-refractivity contribution in [1.29, 1.82) is 0 Å². The normalized spacial score (nSPS) is 10.1. The fourth-order valence-corrected chi connectivity index (χ4v) is 1.78. The summed E-state index contributed by atoms with van der Waals surface area (Å²) in [6.45, 7) is 0.899. The van der Waals surface area contributed by atoms with Crippen molar-refractivity contribution in [3.8, 4) is 0 Å². The molecule has 0 unspecified atom stereocenters. The molecule has 16 heavy (non-hydrogen) atoms. The van der Waals surface area contributed by atoms with Gasteiger partial charge >= 0.3 is 5.97 Å². The average molecular weight is 288 g/mol. The van der Waals surface area contributed by atoms with Crippen LogP contribution in [0.3, 0.4) is 0 Å². The highest BCUT2D eigenvalue weighted by Gasteiger charge is 2.05. The predicted octanol–water partition coefficient (Wildman–Crippen LogP) is 2.33. The zero-order valence-electron chi connectivity index (χ0n) is 8.74.